The highest BCUT2D eigenvalue weighted by Crippen LogP contribution is 2.12. The van der Waals surface area contributed by atoms with Crippen LogP contribution in [0.2, 0.25) is 0 Å². The highest BCUT2D eigenvalue weighted by Gasteiger charge is 2.05. The van der Waals surface area contributed by atoms with Gasteiger partial charge in [-0.25, -0.2) is 8.78 Å². The van der Waals surface area contributed by atoms with Gasteiger partial charge < -0.3 is 5.32 Å². The standard InChI is InChI=1S/C12H8F2N4/c13-10-2-1-8(5-11(10)14)7-16-12-9(6-15)3-4-17-18-12/h1-5H,7H2,(H,16,18). The van der Waals surface area contributed by atoms with Crippen molar-refractivity contribution in [2.75, 3.05) is 5.32 Å². The summed E-state index contributed by atoms with van der Waals surface area (Å²) >= 11 is 0. The molecule has 4 nitrogen and oxygen atoms in total. The Bertz CT molecular complexity index is 607. The van der Waals surface area contributed by atoms with Crippen LogP contribution in [0, 0.1) is 23.0 Å². The monoisotopic (exact) mass is 246 g/mol. The zero-order chi connectivity index (χ0) is 13.0. The van der Waals surface area contributed by atoms with E-state index in [9.17, 15) is 8.78 Å². The lowest BCUT2D eigenvalue weighted by atomic mass is 10.2. The molecule has 1 aromatic heterocycles. The smallest absolute Gasteiger partial charge is 0.166 e. The van der Waals surface area contributed by atoms with E-state index < -0.39 is 11.6 Å². The Morgan fingerprint density at radius 1 is 1.22 bits per heavy atom. The van der Waals surface area contributed by atoms with E-state index in [4.69, 9.17) is 5.26 Å². The Hall–Kier alpha value is -2.55. The van der Waals surface area contributed by atoms with Crippen LogP contribution in [0.1, 0.15) is 11.1 Å². The van der Waals surface area contributed by atoms with Gasteiger partial charge in [-0.3, -0.25) is 0 Å². The summed E-state index contributed by atoms with van der Waals surface area (Å²) in [5.74, 6) is -1.49. The average Bonchev–Trinajstić information content (AvgIpc) is 2.40. The number of halogens is 2. The van der Waals surface area contributed by atoms with Crippen LogP contribution in [-0.2, 0) is 6.54 Å². The Morgan fingerprint density at radius 3 is 2.78 bits per heavy atom. The normalized spacial score (nSPS) is 9.83. The summed E-state index contributed by atoms with van der Waals surface area (Å²) < 4.78 is 25.7. The Morgan fingerprint density at radius 2 is 2.06 bits per heavy atom. The first-order chi connectivity index (χ1) is 8.70. The van der Waals surface area contributed by atoms with Crippen LogP contribution in [-0.4, -0.2) is 10.2 Å². The SMILES string of the molecule is N#Cc1ccnnc1NCc1ccc(F)c(F)c1. The van der Waals surface area contributed by atoms with Crippen LogP contribution in [0.15, 0.2) is 30.5 Å². The first-order valence-corrected chi connectivity index (χ1v) is 5.10. The molecule has 6 heteroatoms. The fourth-order valence-corrected chi connectivity index (χ4v) is 1.39. The Kier molecular flexibility index (Phi) is 3.44. The fraction of sp³-hybridized carbons (Fsp3) is 0.0833. The van der Waals surface area contributed by atoms with E-state index in [0.29, 0.717) is 16.9 Å². The predicted molar refractivity (Wildman–Crippen MR) is 60.4 cm³/mol. The Balaban J connectivity index is 2.12. The highest BCUT2D eigenvalue weighted by atomic mass is 19.2. The van der Waals surface area contributed by atoms with E-state index >= 15 is 0 Å². The summed E-state index contributed by atoms with van der Waals surface area (Å²) in [4.78, 5) is 0. The zero-order valence-electron chi connectivity index (χ0n) is 9.19. The summed E-state index contributed by atoms with van der Waals surface area (Å²) in [6.07, 6.45) is 1.40. The molecule has 0 bridgehead atoms. The molecule has 0 unspecified atom stereocenters. The minimum absolute atomic E-state index is 0.227. The van der Waals surface area contributed by atoms with Gasteiger partial charge in [-0.2, -0.15) is 10.4 Å². The van der Waals surface area contributed by atoms with E-state index in [0.717, 1.165) is 12.1 Å². The largest absolute Gasteiger partial charge is 0.363 e. The summed E-state index contributed by atoms with van der Waals surface area (Å²) in [7, 11) is 0. The molecule has 2 rings (SSSR count). The second kappa shape index (κ2) is 5.19. The quantitative estimate of drug-likeness (QED) is 0.902. The molecule has 0 fully saturated rings. The maximum atomic E-state index is 13.0. The molecule has 0 saturated heterocycles. The third-order valence-corrected chi connectivity index (χ3v) is 2.29. The molecule has 2 aromatic rings. The molecular weight excluding hydrogens is 238 g/mol. The summed E-state index contributed by atoms with van der Waals surface area (Å²) in [6.45, 7) is 0.227. The van der Waals surface area contributed by atoms with Gasteiger partial charge in [0.15, 0.2) is 17.5 Å². The van der Waals surface area contributed by atoms with E-state index in [2.05, 4.69) is 15.5 Å². The molecule has 0 saturated carbocycles. The van der Waals surface area contributed by atoms with E-state index in [1.54, 1.807) is 0 Å². The third kappa shape index (κ3) is 2.58. The van der Waals surface area contributed by atoms with Crippen molar-refractivity contribution in [2.24, 2.45) is 0 Å². The maximum Gasteiger partial charge on any atom is 0.166 e. The van der Waals surface area contributed by atoms with Crippen molar-refractivity contribution in [3.63, 3.8) is 0 Å². The maximum absolute atomic E-state index is 13.0. The number of benzene rings is 1. The van der Waals surface area contributed by atoms with Crippen molar-refractivity contribution in [2.45, 2.75) is 6.54 Å². The second-order valence-electron chi connectivity index (χ2n) is 3.51. The van der Waals surface area contributed by atoms with Gasteiger partial charge in [0.2, 0.25) is 0 Å². The first-order valence-electron chi connectivity index (χ1n) is 5.10. The van der Waals surface area contributed by atoms with Crippen LogP contribution in [0.5, 0.6) is 0 Å². The summed E-state index contributed by atoms with van der Waals surface area (Å²) in [5.41, 5.74) is 0.885. The average molecular weight is 246 g/mol. The minimum atomic E-state index is -0.908. The number of nitriles is 1. The van der Waals surface area contributed by atoms with Crippen molar-refractivity contribution in [1.82, 2.24) is 10.2 Å². The van der Waals surface area contributed by atoms with Gasteiger partial charge in [-0.1, -0.05) is 6.07 Å². The van der Waals surface area contributed by atoms with Crippen LogP contribution in [0.4, 0.5) is 14.6 Å². The van der Waals surface area contributed by atoms with Crippen molar-refractivity contribution in [3.05, 3.63) is 53.2 Å². The summed E-state index contributed by atoms with van der Waals surface area (Å²) in [5, 5.41) is 19.1. The second-order valence-corrected chi connectivity index (χ2v) is 3.51. The summed E-state index contributed by atoms with van der Waals surface area (Å²) in [6, 6.07) is 7.06. The lowest BCUT2D eigenvalue weighted by Crippen LogP contribution is -2.04. The molecule has 90 valence electrons. The molecule has 1 N–H and O–H groups in total. The van der Waals surface area contributed by atoms with Gasteiger partial charge in [-0.05, 0) is 23.8 Å². The molecule has 0 spiro atoms. The number of nitrogens with zero attached hydrogens (tertiary/aromatic N) is 3. The fourth-order valence-electron chi connectivity index (χ4n) is 1.39. The lowest BCUT2D eigenvalue weighted by molar-refractivity contribution is 0.507. The third-order valence-electron chi connectivity index (χ3n) is 2.29. The zero-order valence-corrected chi connectivity index (χ0v) is 9.19. The molecule has 0 amide bonds. The molecule has 0 aliphatic rings. The molecular formula is C12H8F2N4. The van der Waals surface area contributed by atoms with Gasteiger partial charge in [0.25, 0.3) is 0 Å². The van der Waals surface area contributed by atoms with Crippen LogP contribution in [0.3, 0.4) is 0 Å². The van der Waals surface area contributed by atoms with Crippen LogP contribution >= 0.6 is 0 Å². The van der Waals surface area contributed by atoms with Crippen molar-refractivity contribution < 1.29 is 8.78 Å². The van der Waals surface area contributed by atoms with Crippen LogP contribution < -0.4 is 5.32 Å². The van der Waals surface area contributed by atoms with Crippen molar-refractivity contribution in [3.8, 4) is 6.07 Å². The molecule has 0 radical (unpaired) electrons. The molecule has 18 heavy (non-hydrogen) atoms. The van der Waals surface area contributed by atoms with Gasteiger partial charge in [0.05, 0.1) is 11.8 Å². The van der Waals surface area contributed by atoms with Gasteiger partial charge in [0.1, 0.15) is 6.07 Å². The molecule has 1 heterocycles. The number of aromatic nitrogens is 2. The Labute approximate surface area is 102 Å². The van der Waals surface area contributed by atoms with E-state index in [1.807, 2.05) is 6.07 Å². The molecule has 0 aliphatic carbocycles. The number of rotatable bonds is 3. The van der Waals surface area contributed by atoms with Gasteiger partial charge in [-0.15, -0.1) is 5.10 Å². The number of hydrogen-bond acceptors (Lipinski definition) is 4. The number of hydrogen-bond donors (Lipinski definition) is 1. The number of anilines is 1. The molecule has 1 aromatic carbocycles. The van der Waals surface area contributed by atoms with E-state index in [-0.39, 0.29) is 6.54 Å². The minimum Gasteiger partial charge on any atom is -0.363 e. The number of nitrogens with one attached hydrogen (secondary N) is 1. The topological polar surface area (TPSA) is 61.6 Å². The highest BCUT2D eigenvalue weighted by molar-refractivity contribution is 5.50. The van der Waals surface area contributed by atoms with Crippen molar-refractivity contribution in [1.29, 1.82) is 5.26 Å². The molecule has 0 aliphatic heterocycles. The van der Waals surface area contributed by atoms with Gasteiger partial charge >= 0.3 is 0 Å². The first kappa shape index (κ1) is 11.9. The van der Waals surface area contributed by atoms with E-state index in [1.165, 1.54) is 18.3 Å². The van der Waals surface area contributed by atoms with Gasteiger partial charge in [0, 0.05) is 6.54 Å². The molecule has 0 atom stereocenters. The van der Waals surface area contributed by atoms with Crippen molar-refractivity contribution >= 4 is 5.82 Å². The lowest BCUT2D eigenvalue weighted by Gasteiger charge is -2.06. The van der Waals surface area contributed by atoms with Crippen LogP contribution in [0.25, 0.3) is 0 Å². The predicted octanol–water partition coefficient (Wildman–Crippen LogP) is 2.24.